The van der Waals surface area contributed by atoms with Crippen LogP contribution in [0.15, 0.2) is 18.2 Å². The van der Waals surface area contributed by atoms with Crippen LogP contribution in [0.4, 0.5) is 5.82 Å². The smallest absolute Gasteiger partial charge is 0.126 e. The van der Waals surface area contributed by atoms with Crippen LogP contribution in [-0.2, 0) is 0 Å². The molecular weight excluding hydrogens is 184 g/mol. The largest absolute Gasteiger partial charge is 0.366 e. The van der Waals surface area contributed by atoms with Crippen LogP contribution in [0.1, 0.15) is 33.4 Å². The van der Waals surface area contributed by atoms with Crippen LogP contribution in [0.5, 0.6) is 0 Å². The first-order chi connectivity index (χ1) is 6.85. The molecule has 0 spiro atoms. The summed E-state index contributed by atoms with van der Waals surface area (Å²) in [6.07, 6.45) is 0. The molecule has 1 aromatic rings. The van der Waals surface area contributed by atoms with E-state index >= 15 is 0 Å². The molecule has 15 heavy (non-hydrogen) atoms. The van der Waals surface area contributed by atoms with Gasteiger partial charge in [-0.3, -0.25) is 0 Å². The molecular formula is C13H20N2. The molecule has 2 heteroatoms. The van der Waals surface area contributed by atoms with Gasteiger partial charge in [0.2, 0.25) is 0 Å². The van der Waals surface area contributed by atoms with Gasteiger partial charge in [0.25, 0.3) is 0 Å². The lowest BCUT2D eigenvalue weighted by molar-refractivity contribution is 0.457. The van der Waals surface area contributed by atoms with Crippen molar-refractivity contribution in [1.82, 2.24) is 4.98 Å². The maximum atomic E-state index is 4.47. The third-order valence-electron chi connectivity index (χ3n) is 4.20. The quantitative estimate of drug-likeness (QED) is 0.800. The average molecular weight is 204 g/mol. The fourth-order valence-electron chi connectivity index (χ4n) is 2.33. The summed E-state index contributed by atoms with van der Waals surface area (Å²) in [6.45, 7) is 11.2. The first-order valence-corrected chi connectivity index (χ1v) is 5.56. The molecule has 0 atom stereocenters. The van der Waals surface area contributed by atoms with Gasteiger partial charge in [-0.05, 0) is 29.9 Å². The number of aryl methyl sites for hydroxylation is 1. The van der Waals surface area contributed by atoms with E-state index in [-0.39, 0.29) is 0 Å². The van der Waals surface area contributed by atoms with Gasteiger partial charge >= 0.3 is 0 Å². The van der Waals surface area contributed by atoms with Crippen molar-refractivity contribution in [3.8, 4) is 0 Å². The molecule has 1 heterocycles. The van der Waals surface area contributed by atoms with Gasteiger partial charge in [0.15, 0.2) is 0 Å². The van der Waals surface area contributed by atoms with E-state index in [9.17, 15) is 0 Å². The third kappa shape index (κ3) is 1.52. The summed E-state index contributed by atoms with van der Waals surface area (Å²) in [7, 11) is 0. The number of anilines is 1. The zero-order valence-electron chi connectivity index (χ0n) is 10.3. The molecule has 0 amide bonds. The van der Waals surface area contributed by atoms with Gasteiger partial charge in [0.05, 0.1) is 0 Å². The Hall–Kier alpha value is -1.05. The highest BCUT2D eigenvalue weighted by atomic mass is 15.1. The second-order valence-corrected chi connectivity index (χ2v) is 5.68. The highest BCUT2D eigenvalue weighted by molar-refractivity contribution is 5.42. The van der Waals surface area contributed by atoms with E-state index < -0.39 is 0 Å². The number of hydrogen-bond acceptors (Lipinski definition) is 2. The molecule has 1 fully saturated rings. The molecule has 1 aliphatic carbocycles. The minimum absolute atomic E-state index is 0.360. The first kappa shape index (κ1) is 10.5. The highest BCUT2D eigenvalue weighted by Gasteiger charge is 2.65. The number of rotatable bonds is 2. The summed E-state index contributed by atoms with van der Waals surface area (Å²) in [5.74, 6) is 0.999. The van der Waals surface area contributed by atoms with Gasteiger partial charge in [-0.2, -0.15) is 0 Å². The minimum atomic E-state index is 0.360. The molecule has 0 saturated heterocycles. The molecule has 2 rings (SSSR count). The van der Waals surface area contributed by atoms with Crippen molar-refractivity contribution in [3.05, 3.63) is 23.9 Å². The Balaban J connectivity index is 2.12. The van der Waals surface area contributed by atoms with Crippen molar-refractivity contribution < 1.29 is 0 Å². The van der Waals surface area contributed by atoms with Gasteiger partial charge in [-0.25, -0.2) is 4.98 Å². The monoisotopic (exact) mass is 204 g/mol. The van der Waals surface area contributed by atoms with E-state index in [0.717, 1.165) is 11.5 Å². The number of pyridine rings is 1. The number of hydrogen-bond donors (Lipinski definition) is 1. The summed E-state index contributed by atoms with van der Waals surface area (Å²) in [5, 5.41) is 3.53. The predicted molar refractivity (Wildman–Crippen MR) is 63.9 cm³/mol. The Kier molecular flexibility index (Phi) is 2.07. The molecule has 0 bridgehead atoms. The van der Waals surface area contributed by atoms with Gasteiger partial charge in [0, 0.05) is 11.7 Å². The zero-order chi connectivity index (χ0) is 11.3. The van der Waals surface area contributed by atoms with Crippen molar-refractivity contribution in [2.45, 2.75) is 40.7 Å². The summed E-state index contributed by atoms with van der Waals surface area (Å²) in [6, 6.07) is 6.64. The predicted octanol–water partition coefficient (Wildman–Crippen LogP) is 3.24. The molecule has 0 radical (unpaired) electrons. The van der Waals surface area contributed by atoms with Crippen LogP contribution in [0.25, 0.3) is 0 Å². The van der Waals surface area contributed by atoms with Crippen molar-refractivity contribution >= 4 is 5.82 Å². The summed E-state index contributed by atoms with van der Waals surface area (Å²) < 4.78 is 0. The van der Waals surface area contributed by atoms with Gasteiger partial charge in [-0.15, -0.1) is 0 Å². The van der Waals surface area contributed by atoms with Crippen LogP contribution < -0.4 is 5.32 Å². The van der Waals surface area contributed by atoms with Crippen molar-refractivity contribution in [3.63, 3.8) is 0 Å². The molecule has 0 aromatic carbocycles. The van der Waals surface area contributed by atoms with Gasteiger partial charge in [-0.1, -0.05) is 33.8 Å². The van der Waals surface area contributed by atoms with Gasteiger partial charge < -0.3 is 5.32 Å². The fourth-order valence-corrected chi connectivity index (χ4v) is 2.33. The van der Waals surface area contributed by atoms with E-state index in [1.54, 1.807) is 0 Å². The second-order valence-electron chi connectivity index (χ2n) is 5.68. The maximum absolute atomic E-state index is 4.47. The fraction of sp³-hybridized carbons (Fsp3) is 0.615. The number of nitrogens with one attached hydrogen (secondary N) is 1. The third-order valence-corrected chi connectivity index (χ3v) is 4.20. The Morgan fingerprint density at radius 1 is 1.13 bits per heavy atom. The average Bonchev–Trinajstić information content (AvgIpc) is 2.48. The molecule has 1 aliphatic rings. The summed E-state index contributed by atoms with van der Waals surface area (Å²) in [5.41, 5.74) is 1.79. The Morgan fingerprint density at radius 2 is 1.73 bits per heavy atom. The normalized spacial score (nSPS) is 22.5. The molecule has 2 nitrogen and oxygen atoms in total. The Bertz CT molecular complexity index is 366. The Morgan fingerprint density at radius 3 is 2.20 bits per heavy atom. The van der Waals surface area contributed by atoms with Crippen LogP contribution in [-0.4, -0.2) is 11.0 Å². The van der Waals surface area contributed by atoms with Crippen LogP contribution in [0.2, 0.25) is 0 Å². The standard InChI is InChI=1S/C13H20N2/c1-9-7-6-8-10(14-9)15-11-12(2,3)13(11,4)5/h6-8,11H,1-5H3,(H,14,15). The summed E-state index contributed by atoms with van der Waals surface area (Å²) >= 11 is 0. The number of aromatic nitrogens is 1. The lowest BCUT2D eigenvalue weighted by Gasteiger charge is -2.07. The topological polar surface area (TPSA) is 24.9 Å². The Labute approximate surface area is 92.1 Å². The molecule has 0 aliphatic heterocycles. The lowest BCUT2D eigenvalue weighted by Crippen LogP contribution is -2.11. The van der Waals surface area contributed by atoms with Crippen molar-refractivity contribution in [1.29, 1.82) is 0 Å². The van der Waals surface area contributed by atoms with E-state index in [1.807, 2.05) is 25.1 Å². The van der Waals surface area contributed by atoms with Crippen LogP contribution in [0, 0.1) is 17.8 Å². The van der Waals surface area contributed by atoms with E-state index in [1.165, 1.54) is 0 Å². The van der Waals surface area contributed by atoms with Crippen molar-refractivity contribution in [2.75, 3.05) is 5.32 Å². The van der Waals surface area contributed by atoms with E-state index in [2.05, 4.69) is 38.0 Å². The second kappa shape index (κ2) is 2.97. The highest BCUT2D eigenvalue weighted by Crippen LogP contribution is 2.63. The SMILES string of the molecule is Cc1cccc(NC2C(C)(C)C2(C)C)n1. The number of nitrogens with zero attached hydrogens (tertiary/aromatic N) is 1. The van der Waals surface area contributed by atoms with Crippen molar-refractivity contribution in [2.24, 2.45) is 10.8 Å². The molecule has 1 saturated carbocycles. The first-order valence-electron chi connectivity index (χ1n) is 5.56. The van der Waals surface area contributed by atoms with E-state index in [4.69, 9.17) is 0 Å². The molecule has 1 aromatic heterocycles. The van der Waals surface area contributed by atoms with Crippen LogP contribution >= 0.6 is 0 Å². The molecule has 82 valence electrons. The molecule has 1 N–H and O–H groups in total. The molecule has 0 unspecified atom stereocenters. The van der Waals surface area contributed by atoms with Crippen LogP contribution in [0.3, 0.4) is 0 Å². The van der Waals surface area contributed by atoms with Gasteiger partial charge in [0.1, 0.15) is 5.82 Å². The van der Waals surface area contributed by atoms with E-state index in [0.29, 0.717) is 16.9 Å². The lowest BCUT2D eigenvalue weighted by atomic mass is 10.0. The zero-order valence-corrected chi connectivity index (χ0v) is 10.3. The maximum Gasteiger partial charge on any atom is 0.126 e. The summed E-state index contributed by atoms with van der Waals surface area (Å²) in [4.78, 5) is 4.47. The minimum Gasteiger partial charge on any atom is -0.366 e.